The highest BCUT2D eigenvalue weighted by Gasteiger charge is 2.30. The van der Waals surface area contributed by atoms with Gasteiger partial charge in [-0.1, -0.05) is 38.5 Å². The summed E-state index contributed by atoms with van der Waals surface area (Å²) in [6, 6.07) is 3.51. The Morgan fingerprint density at radius 3 is 2.35 bits per heavy atom. The molecular formula is C23H33N5O5S. The molecule has 5 unspecified atom stereocenters. The van der Waals surface area contributed by atoms with Crippen LogP contribution in [0.3, 0.4) is 0 Å². The fourth-order valence-corrected chi connectivity index (χ4v) is 3.60. The molecule has 11 heteroatoms. The first kappa shape index (κ1) is 27.2. The molecule has 0 fully saturated rings. The molecule has 0 aliphatic heterocycles. The number of nitrogens with two attached hydrogens (primary N) is 1. The second-order valence-electron chi connectivity index (χ2n) is 8.35. The third-order valence-electron chi connectivity index (χ3n) is 5.79. The van der Waals surface area contributed by atoms with E-state index in [0.717, 1.165) is 16.5 Å². The Balaban J connectivity index is 2.17. The molecule has 2 aromatic rings. The lowest BCUT2D eigenvalue weighted by Gasteiger charge is -2.25. The summed E-state index contributed by atoms with van der Waals surface area (Å²) in [5.74, 6) is -3.12. The highest BCUT2D eigenvalue weighted by Crippen LogP contribution is 2.19. The van der Waals surface area contributed by atoms with Crippen LogP contribution in [-0.2, 0) is 25.6 Å². The van der Waals surface area contributed by atoms with Gasteiger partial charge >= 0.3 is 5.97 Å². The highest BCUT2D eigenvalue weighted by atomic mass is 32.1. The first-order valence-electron chi connectivity index (χ1n) is 11.1. The molecule has 3 amide bonds. The van der Waals surface area contributed by atoms with E-state index in [9.17, 15) is 24.3 Å². The van der Waals surface area contributed by atoms with Crippen molar-refractivity contribution in [3.8, 4) is 0 Å². The Morgan fingerprint density at radius 1 is 1.06 bits per heavy atom. The van der Waals surface area contributed by atoms with Crippen molar-refractivity contribution < 1.29 is 24.3 Å². The maximum Gasteiger partial charge on any atom is 0.326 e. The molecule has 186 valence electrons. The van der Waals surface area contributed by atoms with Crippen molar-refractivity contribution in [3.63, 3.8) is 0 Å². The second-order valence-corrected chi connectivity index (χ2v) is 8.72. The molecule has 1 aromatic carbocycles. The van der Waals surface area contributed by atoms with Gasteiger partial charge in [0.2, 0.25) is 17.7 Å². The third-order valence-corrected chi connectivity index (χ3v) is 6.19. The molecule has 0 saturated heterocycles. The predicted octanol–water partition coefficient (Wildman–Crippen LogP) is 0.573. The number of aromatic nitrogens is 1. The number of fused-ring (bicyclic) bond motifs is 1. The third kappa shape index (κ3) is 6.97. The summed E-state index contributed by atoms with van der Waals surface area (Å²) in [5.41, 5.74) is 7.44. The number of carbonyl (C=O) groups excluding carboxylic acids is 3. The van der Waals surface area contributed by atoms with Gasteiger partial charge in [-0.05, 0) is 24.5 Å². The number of hydrogen-bond donors (Lipinski definition) is 7. The number of carboxylic acids is 1. The maximum absolute atomic E-state index is 13.1. The molecule has 1 aromatic heterocycles. The topological polar surface area (TPSA) is 166 Å². The standard InChI is InChI=1S/C23H33N5O5S/c1-4-12(2)19(23(32)33)28-20(29)13(3)26-22(31)18(27-21(30)16(24)11-34)9-14-10-25-17-8-6-5-7-15(14)17/h5-8,10,12-13,16,18-19,25,34H,4,9,11,24H2,1-3H3,(H,26,31)(H,27,30)(H,28,29)(H,32,33). The van der Waals surface area contributed by atoms with E-state index >= 15 is 0 Å². The molecule has 0 aliphatic carbocycles. The zero-order chi connectivity index (χ0) is 25.4. The van der Waals surface area contributed by atoms with Crippen molar-refractivity contribution in [3.05, 3.63) is 36.0 Å². The van der Waals surface area contributed by atoms with Gasteiger partial charge < -0.3 is 31.8 Å². The van der Waals surface area contributed by atoms with Gasteiger partial charge in [-0.3, -0.25) is 14.4 Å². The molecular weight excluding hydrogens is 458 g/mol. The smallest absolute Gasteiger partial charge is 0.326 e. The Kier molecular flexibility index (Phi) is 9.94. The van der Waals surface area contributed by atoms with E-state index in [0.29, 0.717) is 6.42 Å². The normalized spacial score (nSPS) is 15.6. The summed E-state index contributed by atoms with van der Waals surface area (Å²) in [4.78, 5) is 52.7. The number of nitrogens with one attached hydrogen (secondary N) is 4. The van der Waals surface area contributed by atoms with Crippen LogP contribution < -0.4 is 21.7 Å². The van der Waals surface area contributed by atoms with E-state index in [1.165, 1.54) is 6.92 Å². The van der Waals surface area contributed by atoms with E-state index < -0.39 is 47.9 Å². The highest BCUT2D eigenvalue weighted by molar-refractivity contribution is 7.80. The lowest BCUT2D eigenvalue weighted by Crippen LogP contribution is -2.57. The fourth-order valence-electron chi connectivity index (χ4n) is 3.43. The largest absolute Gasteiger partial charge is 0.480 e. The number of para-hydroxylation sites is 1. The molecule has 0 radical (unpaired) electrons. The molecule has 34 heavy (non-hydrogen) atoms. The monoisotopic (exact) mass is 491 g/mol. The van der Waals surface area contributed by atoms with Crippen molar-refractivity contribution in [2.75, 3.05) is 5.75 Å². The number of carbonyl (C=O) groups is 4. The number of hydrogen-bond acceptors (Lipinski definition) is 6. The summed E-state index contributed by atoms with van der Waals surface area (Å²) < 4.78 is 0. The molecule has 0 saturated carbocycles. The van der Waals surface area contributed by atoms with Crippen LogP contribution in [0.1, 0.15) is 32.8 Å². The van der Waals surface area contributed by atoms with Gasteiger partial charge in [-0.25, -0.2) is 4.79 Å². The van der Waals surface area contributed by atoms with Crippen molar-refractivity contribution in [1.82, 2.24) is 20.9 Å². The lowest BCUT2D eigenvalue weighted by atomic mass is 9.99. The molecule has 10 nitrogen and oxygen atoms in total. The number of aliphatic carboxylic acids is 1. The van der Waals surface area contributed by atoms with E-state index in [-0.39, 0.29) is 18.1 Å². The predicted molar refractivity (Wildman–Crippen MR) is 132 cm³/mol. The van der Waals surface area contributed by atoms with Crippen LogP contribution >= 0.6 is 12.6 Å². The molecule has 5 atom stereocenters. The minimum absolute atomic E-state index is 0.0955. The van der Waals surface area contributed by atoms with Gasteiger partial charge in [-0.15, -0.1) is 0 Å². The van der Waals surface area contributed by atoms with Gasteiger partial charge in [0.15, 0.2) is 0 Å². The Hall–Kier alpha value is -3.05. The van der Waals surface area contributed by atoms with Gasteiger partial charge in [0.05, 0.1) is 6.04 Å². The van der Waals surface area contributed by atoms with Crippen LogP contribution in [0.5, 0.6) is 0 Å². The molecule has 7 N–H and O–H groups in total. The second kappa shape index (κ2) is 12.4. The van der Waals surface area contributed by atoms with Gasteiger partial charge in [-0.2, -0.15) is 12.6 Å². The quantitative estimate of drug-likeness (QED) is 0.214. The SMILES string of the molecule is CCC(C)C(NC(=O)C(C)NC(=O)C(Cc1c[nH]c2ccccc12)NC(=O)C(N)CS)C(=O)O. The van der Waals surface area contributed by atoms with E-state index in [1.54, 1.807) is 13.1 Å². The van der Waals surface area contributed by atoms with Crippen molar-refractivity contribution in [2.45, 2.75) is 57.8 Å². The minimum Gasteiger partial charge on any atom is -0.480 e. The fraction of sp³-hybridized carbons (Fsp3) is 0.478. The van der Waals surface area contributed by atoms with Crippen LogP contribution in [0.25, 0.3) is 10.9 Å². The van der Waals surface area contributed by atoms with Crippen molar-refractivity contribution in [2.24, 2.45) is 11.7 Å². The van der Waals surface area contributed by atoms with Gasteiger partial charge in [0.25, 0.3) is 0 Å². The summed E-state index contributed by atoms with van der Waals surface area (Å²) in [6.07, 6.45) is 2.47. The van der Waals surface area contributed by atoms with Gasteiger partial charge in [0.1, 0.15) is 18.1 Å². The first-order chi connectivity index (χ1) is 16.1. The number of rotatable bonds is 12. The minimum atomic E-state index is -1.15. The summed E-state index contributed by atoms with van der Waals surface area (Å²) >= 11 is 4.03. The number of amides is 3. The van der Waals surface area contributed by atoms with E-state index in [4.69, 9.17) is 5.73 Å². The Labute approximate surface area is 203 Å². The van der Waals surface area contributed by atoms with Crippen molar-refractivity contribution >= 4 is 47.2 Å². The number of thiol groups is 1. The molecule has 1 heterocycles. The molecule has 0 bridgehead atoms. The first-order valence-corrected chi connectivity index (χ1v) is 11.8. The van der Waals surface area contributed by atoms with Gasteiger partial charge in [0, 0.05) is 29.3 Å². The van der Waals surface area contributed by atoms with Crippen LogP contribution in [0.4, 0.5) is 0 Å². The zero-order valence-corrected chi connectivity index (χ0v) is 20.4. The average Bonchev–Trinajstić information content (AvgIpc) is 3.23. The summed E-state index contributed by atoms with van der Waals surface area (Å²) in [5, 5.41) is 18.0. The summed E-state index contributed by atoms with van der Waals surface area (Å²) in [6.45, 7) is 5.00. The van der Waals surface area contributed by atoms with Crippen molar-refractivity contribution in [1.29, 1.82) is 0 Å². The lowest BCUT2D eigenvalue weighted by molar-refractivity contribution is -0.143. The number of aromatic amines is 1. The van der Waals surface area contributed by atoms with Crippen LogP contribution in [-0.4, -0.2) is 63.7 Å². The molecule has 0 aliphatic rings. The Bertz CT molecular complexity index is 1030. The van der Waals surface area contributed by atoms with Crippen LogP contribution in [0.2, 0.25) is 0 Å². The molecule has 0 spiro atoms. The molecule has 2 rings (SSSR count). The van der Waals surface area contributed by atoms with Crippen LogP contribution in [0.15, 0.2) is 30.5 Å². The number of H-pyrrole nitrogens is 1. The number of benzene rings is 1. The average molecular weight is 492 g/mol. The van der Waals surface area contributed by atoms with E-state index in [2.05, 4.69) is 33.6 Å². The zero-order valence-electron chi connectivity index (χ0n) is 19.5. The maximum atomic E-state index is 13.1. The van der Waals surface area contributed by atoms with E-state index in [1.807, 2.05) is 31.2 Å². The van der Waals surface area contributed by atoms with Crippen LogP contribution in [0, 0.1) is 5.92 Å². The summed E-state index contributed by atoms with van der Waals surface area (Å²) in [7, 11) is 0. The Morgan fingerprint density at radius 2 is 1.74 bits per heavy atom. The number of carboxylic acid groups (broad SMARTS) is 1.